The highest BCUT2D eigenvalue weighted by molar-refractivity contribution is 7.22. The van der Waals surface area contributed by atoms with Crippen LogP contribution in [0.4, 0.5) is 10.8 Å². The van der Waals surface area contributed by atoms with Crippen LogP contribution in [0.25, 0.3) is 10.2 Å². The number of hydrogen-bond acceptors (Lipinski definition) is 7. The lowest BCUT2D eigenvalue weighted by Crippen LogP contribution is -2.12. The van der Waals surface area contributed by atoms with Crippen molar-refractivity contribution < 1.29 is 19.2 Å². The summed E-state index contributed by atoms with van der Waals surface area (Å²) >= 11 is 1.24. The summed E-state index contributed by atoms with van der Waals surface area (Å²) in [5.74, 6) is 0.711. The Hall–Kier alpha value is -3.20. The molecule has 0 aliphatic rings. The zero-order valence-corrected chi connectivity index (χ0v) is 15.5. The average molecular weight is 387 g/mol. The molecule has 3 aromatic rings. The molecule has 3 rings (SSSR count). The van der Waals surface area contributed by atoms with Crippen molar-refractivity contribution in [2.24, 2.45) is 0 Å². The minimum absolute atomic E-state index is 0.0430. The zero-order chi connectivity index (χ0) is 19.4. The van der Waals surface area contributed by atoms with E-state index in [1.807, 2.05) is 13.8 Å². The van der Waals surface area contributed by atoms with Gasteiger partial charge in [-0.2, -0.15) is 0 Å². The number of rotatable bonds is 7. The number of nitrogens with one attached hydrogen (secondary N) is 1. The Morgan fingerprint density at radius 3 is 2.59 bits per heavy atom. The number of thiazole rings is 1. The maximum atomic E-state index is 12.5. The van der Waals surface area contributed by atoms with Crippen molar-refractivity contribution in [3.05, 3.63) is 52.1 Å². The lowest BCUT2D eigenvalue weighted by molar-refractivity contribution is -0.384. The molecule has 1 aromatic heterocycles. The van der Waals surface area contributed by atoms with Gasteiger partial charge in [-0.05, 0) is 38.1 Å². The van der Waals surface area contributed by atoms with E-state index in [0.29, 0.717) is 40.9 Å². The fourth-order valence-corrected chi connectivity index (χ4v) is 3.29. The van der Waals surface area contributed by atoms with E-state index in [4.69, 9.17) is 9.47 Å². The number of nitrogens with zero attached hydrogens (tertiary/aromatic N) is 2. The monoisotopic (exact) mass is 387 g/mol. The van der Waals surface area contributed by atoms with Gasteiger partial charge >= 0.3 is 0 Å². The van der Waals surface area contributed by atoms with Crippen LogP contribution >= 0.6 is 11.3 Å². The van der Waals surface area contributed by atoms with Crippen LogP contribution in [0.2, 0.25) is 0 Å². The minimum atomic E-state index is -0.480. The fraction of sp³-hybridized carbons (Fsp3) is 0.222. The van der Waals surface area contributed by atoms with Crippen molar-refractivity contribution >= 4 is 38.3 Å². The number of amides is 1. The van der Waals surface area contributed by atoms with Gasteiger partial charge in [0.2, 0.25) is 0 Å². The van der Waals surface area contributed by atoms with Crippen LogP contribution < -0.4 is 14.8 Å². The molecule has 1 amide bonds. The molecule has 0 aliphatic carbocycles. The molecule has 2 aromatic carbocycles. The smallest absolute Gasteiger partial charge is 0.271 e. The van der Waals surface area contributed by atoms with E-state index < -0.39 is 4.92 Å². The van der Waals surface area contributed by atoms with Gasteiger partial charge in [0.15, 0.2) is 16.6 Å². The first kappa shape index (κ1) is 18.6. The molecule has 0 atom stereocenters. The Kier molecular flexibility index (Phi) is 5.51. The van der Waals surface area contributed by atoms with Gasteiger partial charge in [0, 0.05) is 17.7 Å². The second-order valence-corrected chi connectivity index (χ2v) is 6.44. The summed E-state index contributed by atoms with van der Waals surface area (Å²) in [6, 6.07) is 9.34. The zero-order valence-electron chi connectivity index (χ0n) is 14.7. The van der Waals surface area contributed by atoms with E-state index in [1.165, 1.54) is 23.5 Å². The highest BCUT2D eigenvalue weighted by Gasteiger charge is 2.15. The molecule has 1 heterocycles. The van der Waals surface area contributed by atoms with E-state index in [-0.39, 0.29) is 11.6 Å². The van der Waals surface area contributed by atoms with E-state index in [2.05, 4.69) is 10.3 Å². The van der Waals surface area contributed by atoms with Crippen molar-refractivity contribution in [3.63, 3.8) is 0 Å². The van der Waals surface area contributed by atoms with Crippen molar-refractivity contribution in [1.82, 2.24) is 4.98 Å². The first-order valence-electron chi connectivity index (χ1n) is 8.27. The number of non-ortho nitro benzene ring substituents is 1. The van der Waals surface area contributed by atoms with E-state index >= 15 is 0 Å². The third-order valence-corrected chi connectivity index (χ3v) is 4.56. The van der Waals surface area contributed by atoms with Crippen molar-refractivity contribution in [3.8, 4) is 11.5 Å². The number of carbonyl (C=O) groups excluding carboxylic acids is 1. The second-order valence-electron chi connectivity index (χ2n) is 5.41. The summed E-state index contributed by atoms with van der Waals surface area (Å²) in [6.45, 7) is 4.65. The van der Waals surface area contributed by atoms with Crippen LogP contribution in [0.5, 0.6) is 11.5 Å². The molecule has 0 unspecified atom stereocenters. The Labute approximate surface area is 158 Å². The average Bonchev–Trinajstić information content (AvgIpc) is 3.04. The Balaban J connectivity index is 1.83. The number of aromatic nitrogens is 1. The molecule has 8 nitrogen and oxygen atoms in total. The number of fused-ring (bicyclic) bond motifs is 1. The summed E-state index contributed by atoms with van der Waals surface area (Å²) in [5, 5.41) is 13.9. The third kappa shape index (κ3) is 4.14. The lowest BCUT2D eigenvalue weighted by Gasteiger charge is -2.12. The van der Waals surface area contributed by atoms with Gasteiger partial charge < -0.3 is 9.47 Å². The van der Waals surface area contributed by atoms with Gasteiger partial charge in [-0.25, -0.2) is 4.98 Å². The second kappa shape index (κ2) is 8.00. The number of nitro benzene ring substituents is 1. The van der Waals surface area contributed by atoms with E-state index in [9.17, 15) is 14.9 Å². The number of nitro groups is 1. The van der Waals surface area contributed by atoms with Crippen LogP contribution in [0.3, 0.4) is 0 Å². The number of hydrogen-bond donors (Lipinski definition) is 1. The van der Waals surface area contributed by atoms with Crippen LogP contribution in [0.1, 0.15) is 24.2 Å². The number of anilines is 1. The van der Waals surface area contributed by atoms with Crippen LogP contribution in [-0.2, 0) is 0 Å². The molecule has 0 fully saturated rings. The van der Waals surface area contributed by atoms with Crippen molar-refractivity contribution in [1.29, 1.82) is 0 Å². The molecular weight excluding hydrogens is 370 g/mol. The molecule has 140 valence electrons. The Morgan fingerprint density at radius 1 is 1.15 bits per heavy atom. The number of ether oxygens (including phenoxy) is 2. The first-order valence-corrected chi connectivity index (χ1v) is 9.09. The predicted octanol–water partition coefficient (Wildman–Crippen LogP) is 4.25. The van der Waals surface area contributed by atoms with Crippen molar-refractivity contribution in [2.75, 3.05) is 18.5 Å². The first-order chi connectivity index (χ1) is 13.0. The van der Waals surface area contributed by atoms with Gasteiger partial charge in [-0.15, -0.1) is 0 Å². The molecule has 0 saturated heterocycles. The number of carbonyl (C=O) groups is 1. The quantitative estimate of drug-likeness (QED) is 0.480. The Morgan fingerprint density at radius 2 is 1.89 bits per heavy atom. The minimum Gasteiger partial charge on any atom is -0.490 e. The van der Waals surface area contributed by atoms with Gasteiger partial charge in [-0.1, -0.05) is 11.3 Å². The van der Waals surface area contributed by atoms with Crippen molar-refractivity contribution in [2.45, 2.75) is 13.8 Å². The highest BCUT2D eigenvalue weighted by atomic mass is 32.1. The summed E-state index contributed by atoms with van der Waals surface area (Å²) in [7, 11) is 0. The molecule has 0 aliphatic heterocycles. The predicted molar refractivity (Wildman–Crippen MR) is 103 cm³/mol. The lowest BCUT2D eigenvalue weighted by atomic mass is 10.2. The molecule has 0 spiro atoms. The SMILES string of the molecule is CCOc1ccc(C(=O)Nc2nc3cc([N+](=O)[O-])ccc3s2)cc1OCC. The molecular formula is C18H17N3O5S. The van der Waals surface area contributed by atoms with Crippen LogP contribution in [0.15, 0.2) is 36.4 Å². The summed E-state index contributed by atoms with van der Waals surface area (Å²) in [6.07, 6.45) is 0. The molecule has 0 saturated carbocycles. The molecule has 1 N–H and O–H groups in total. The normalized spacial score (nSPS) is 10.6. The maximum absolute atomic E-state index is 12.5. The van der Waals surface area contributed by atoms with Gasteiger partial charge in [0.25, 0.3) is 11.6 Å². The highest BCUT2D eigenvalue weighted by Crippen LogP contribution is 2.31. The third-order valence-electron chi connectivity index (χ3n) is 3.61. The summed E-state index contributed by atoms with van der Waals surface area (Å²) in [4.78, 5) is 27.2. The maximum Gasteiger partial charge on any atom is 0.271 e. The van der Waals surface area contributed by atoms with E-state index in [0.717, 1.165) is 4.70 Å². The molecule has 9 heteroatoms. The van der Waals surface area contributed by atoms with Gasteiger partial charge in [0.1, 0.15) is 0 Å². The van der Waals surface area contributed by atoms with Crippen LogP contribution in [0, 0.1) is 10.1 Å². The summed E-state index contributed by atoms with van der Waals surface area (Å²) < 4.78 is 11.8. The Bertz CT molecular complexity index is 1000. The molecule has 27 heavy (non-hydrogen) atoms. The topological polar surface area (TPSA) is 104 Å². The molecule has 0 radical (unpaired) electrons. The van der Waals surface area contributed by atoms with E-state index in [1.54, 1.807) is 24.3 Å². The molecule has 0 bridgehead atoms. The fourth-order valence-electron chi connectivity index (χ4n) is 2.44. The largest absolute Gasteiger partial charge is 0.490 e. The van der Waals surface area contributed by atoms with Gasteiger partial charge in [-0.3, -0.25) is 20.2 Å². The standard InChI is InChI=1S/C18H17N3O5S/c1-3-25-14-7-5-11(9-15(14)26-4-2)17(22)20-18-19-13-10-12(21(23)24)6-8-16(13)27-18/h5-10H,3-4H2,1-2H3,(H,19,20,22). The van der Waals surface area contributed by atoms with Gasteiger partial charge in [0.05, 0.1) is 28.4 Å². The van der Waals surface area contributed by atoms with Crippen LogP contribution in [-0.4, -0.2) is 29.0 Å². The number of benzene rings is 2. The summed E-state index contributed by atoms with van der Waals surface area (Å²) in [5.41, 5.74) is 0.817.